The summed E-state index contributed by atoms with van der Waals surface area (Å²) in [6, 6.07) is 15.3. The molecule has 1 saturated heterocycles. The topological polar surface area (TPSA) is 86.3 Å². The van der Waals surface area contributed by atoms with Crippen LogP contribution in [0.4, 0.5) is 4.39 Å². The fraction of sp³-hybridized carbons (Fsp3) is 0.286. The second-order valence-electron chi connectivity index (χ2n) is 6.95. The first-order valence-electron chi connectivity index (χ1n) is 9.70. The van der Waals surface area contributed by atoms with Crippen molar-refractivity contribution in [2.45, 2.75) is 29.9 Å². The molecule has 7 nitrogen and oxygen atoms in total. The molecule has 1 aliphatic rings. The van der Waals surface area contributed by atoms with Crippen LogP contribution < -0.4 is 10.6 Å². The Kier molecular flexibility index (Phi) is 6.18. The molecular weight excluding hydrogens is 405 g/mol. The fourth-order valence-corrected chi connectivity index (χ4v) is 4.32. The Labute approximate surface area is 178 Å². The number of nitrogens with two attached hydrogens (primary N) is 1. The number of benzene rings is 2. The van der Waals surface area contributed by atoms with E-state index in [-0.39, 0.29) is 18.3 Å². The maximum absolute atomic E-state index is 13.2. The highest BCUT2D eigenvalue weighted by molar-refractivity contribution is 8.00. The lowest BCUT2D eigenvalue weighted by molar-refractivity contribution is -0.129. The molecule has 0 saturated carbocycles. The first-order chi connectivity index (χ1) is 14.6. The van der Waals surface area contributed by atoms with Gasteiger partial charge in [-0.3, -0.25) is 4.79 Å². The van der Waals surface area contributed by atoms with E-state index in [0.29, 0.717) is 16.7 Å². The predicted molar refractivity (Wildman–Crippen MR) is 112 cm³/mol. The number of carbonyl (C=O) groups is 1. The van der Waals surface area contributed by atoms with Crippen LogP contribution in [0.2, 0.25) is 0 Å². The Hall–Kier alpha value is -3.07. The summed E-state index contributed by atoms with van der Waals surface area (Å²) in [6.07, 6.45) is 2.05. The van der Waals surface area contributed by atoms with Gasteiger partial charge < -0.3 is 15.5 Å². The molecule has 2 aromatic carbocycles. The molecule has 9 heteroatoms. The van der Waals surface area contributed by atoms with Crippen molar-refractivity contribution >= 4 is 17.7 Å². The van der Waals surface area contributed by atoms with Crippen LogP contribution in [-0.4, -0.2) is 38.8 Å². The van der Waals surface area contributed by atoms with E-state index in [4.69, 9.17) is 10.6 Å². The smallest absolute Gasteiger partial charge is 0.240 e. The van der Waals surface area contributed by atoms with Crippen LogP contribution in [0.5, 0.6) is 5.75 Å². The van der Waals surface area contributed by atoms with Gasteiger partial charge in [-0.1, -0.05) is 42.1 Å². The number of carbonyl (C=O) groups excluding carboxylic acids is 1. The van der Waals surface area contributed by atoms with Crippen molar-refractivity contribution in [1.82, 2.24) is 19.8 Å². The van der Waals surface area contributed by atoms with Gasteiger partial charge in [0.1, 0.15) is 23.4 Å². The molecule has 0 radical (unpaired) electrons. The Bertz CT molecular complexity index is 990. The molecule has 0 aliphatic carbocycles. The van der Waals surface area contributed by atoms with Crippen LogP contribution in [0.25, 0.3) is 0 Å². The zero-order chi connectivity index (χ0) is 20.9. The van der Waals surface area contributed by atoms with Crippen molar-refractivity contribution in [2.24, 2.45) is 0 Å². The van der Waals surface area contributed by atoms with E-state index in [2.05, 4.69) is 10.2 Å². The number of hydrogen-bond donors (Lipinski definition) is 1. The summed E-state index contributed by atoms with van der Waals surface area (Å²) in [6.45, 7) is 1.62. The summed E-state index contributed by atoms with van der Waals surface area (Å²) in [5, 5.41) is 8.22. The lowest BCUT2D eigenvalue weighted by atomic mass is 10.1. The van der Waals surface area contributed by atoms with Crippen LogP contribution in [-0.2, 0) is 11.4 Å². The van der Waals surface area contributed by atoms with Crippen LogP contribution in [0.1, 0.15) is 29.5 Å². The van der Waals surface area contributed by atoms with Crippen molar-refractivity contribution in [3.05, 3.63) is 71.8 Å². The van der Waals surface area contributed by atoms with E-state index in [0.717, 1.165) is 31.5 Å². The first kappa shape index (κ1) is 20.2. The molecule has 156 valence electrons. The van der Waals surface area contributed by atoms with Crippen LogP contribution in [0.3, 0.4) is 0 Å². The van der Waals surface area contributed by atoms with Crippen molar-refractivity contribution in [2.75, 3.05) is 18.9 Å². The summed E-state index contributed by atoms with van der Waals surface area (Å²) >= 11 is 1.28. The molecular formula is C21H22FN5O2S. The molecule has 1 fully saturated rings. The summed E-state index contributed by atoms with van der Waals surface area (Å²) in [7, 11) is 0. The molecule has 2 N–H and O–H groups in total. The third-order valence-electron chi connectivity index (χ3n) is 4.88. The highest BCUT2D eigenvalue weighted by Crippen LogP contribution is 2.36. The van der Waals surface area contributed by atoms with E-state index in [1.165, 1.54) is 40.7 Å². The maximum atomic E-state index is 13.2. The van der Waals surface area contributed by atoms with Gasteiger partial charge in [-0.05, 0) is 42.7 Å². The van der Waals surface area contributed by atoms with Gasteiger partial charge in [0.25, 0.3) is 0 Å². The average Bonchev–Trinajstić information content (AvgIpc) is 3.43. The molecule has 0 spiro atoms. The fourth-order valence-electron chi connectivity index (χ4n) is 3.26. The van der Waals surface area contributed by atoms with E-state index in [9.17, 15) is 9.18 Å². The van der Waals surface area contributed by atoms with Gasteiger partial charge in [0.05, 0.1) is 0 Å². The number of amides is 1. The highest BCUT2D eigenvalue weighted by Gasteiger charge is 2.30. The number of thioether (sulfide) groups is 1. The van der Waals surface area contributed by atoms with E-state index >= 15 is 0 Å². The monoisotopic (exact) mass is 427 g/mol. The lowest BCUT2D eigenvalue weighted by Crippen LogP contribution is -2.31. The van der Waals surface area contributed by atoms with Crippen LogP contribution in [0.15, 0.2) is 59.8 Å². The molecule has 1 amide bonds. The molecule has 1 unspecified atom stereocenters. The van der Waals surface area contributed by atoms with Crippen molar-refractivity contribution in [3.8, 4) is 5.75 Å². The lowest BCUT2D eigenvalue weighted by Gasteiger charge is -2.22. The maximum Gasteiger partial charge on any atom is 0.240 e. The minimum Gasteiger partial charge on any atom is -0.486 e. The summed E-state index contributed by atoms with van der Waals surface area (Å²) < 4.78 is 20.0. The zero-order valence-corrected chi connectivity index (χ0v) is 17.1. The number of halogens is 1. The van der Waals surface area contributed by atoms with Crippen LogP contribution >= 0.6 is 11.8 Å². The SMILES string of the molecule is Nn1c(COc2ccc(F)cc2)nnc1SC(C(=O)N1CCCC1)c1ccccc1. The van der Waals surface area contributed by atoms with Gasteiger partial charge in [-0.2, -0.15) is 0 Å². The molecule has 2 heterocycles. The second kappa shape index (κ2) is 9.17. The third kappa shape index (κ3) is 4.56. The third-order valence-corrected chi connectivity index (χ3v) is 6.08. The van der Waals surface area contributed by atoms with Gasteiger partial charge in [-0.25, -0.2) is 9.07 Å². The Morgan fingerprint density at radius 2 is 1.80 bits per heavy atom. The van der Waals surface area contributed by atoms with E-state index in [1.54, 1.807) is 0 Å². The number of rotatable bonds is 7. The highest BCUT2D eigenvalue weighted by atomic mass is 32.2. The summed E-state index contributed by atoms with van der Waals surface area (Å²) in [5.74, 6) is 6.80. The molecule has 1 aromatic heterocycles. The quantitative estimate of drug-likeness (QED) is 0.460. The number of aromatic nitrogens is 3. The molecule has 3 aromatic rings. The number of ether oxygens (including phenoxy) is 1. The van der Waals surface area contributed by atoms with Crippen molar-refractivity contribution < 1.29 is 13.9 Å². The molecule has 0 bridgehead atoms. The molecule has 1 atom stereocenters. The van der Waals surface area contributed by atoms with Crippen LogP contribution in [0, 0.1) is 5.82 Å². The zero-order valence-electron chi connectivity index (χ0n) is 16.3. The molecule has 1 aliphatic heterocycles. The standard InChI is InChI=1S/C21H22FN5O2S/c22-16-8-10-17(11-9-16)29-14-18-24-25-21(27(18)23)30-19(15-6-2-1-3-7-15)20(28)26-12-4-5-13-26/h1-3,6-11,19H,4-5,12-14,23H2. The van der Waals surface area contributed by atoms with Gasteiger partial charge in [0, 0.05) is 13.1 Å². The van der Waals surface area contributed by atoms with Gasteiger partial charge in [0.2, 0.25) is 11.1 Å². The minimum atomic E-state index is -0.457. The normalized spacial score (nSPS) is 14.6. The average molecular weight is 428 g/mol. The van der Waals surface area contributed by atoms with E-state index in [1.807, 2.05) is 35.2 Å². The first-order valence-corrected chi connectivity index (χ1v) is 10.6. The van der Waals surface area contributed by atoms with Gasteiger partial charge >= 0.3 is 0 Å². The summed E-state index contributed by atoms with van der Waals surface area (Å²) in [5.41, 5.74) is 0.895. The minimum absolute atomic E-state index is 0.0517. The van der Waals surface area contributed by atoms with Gasteiger partial charge in [-0.15, -0.1) is 10.2 Å². The number of hydrogen-bond acceptors (Lipinski definition) is 6. The van der Waals surface area contributed by atoms with E-state index < -0.39 is 5.25 Å². The Balaban J connectivity index is 1.50. The molecule has 4 rings (SSSR count). The predicted octanol–water partition coefficient (Wildman–Crippen LogP) is 3.17. The van der Waals surface area contributed by atoms with Gasteiger partial charge in [0.15, 0.2) is 5.82 Å². The van der Waals surface area contributed by atoms with Crippen molar-refractivity contribution in [3.63, 3.8) is 0 Å². The Morgan fingerprint density at radius 3 is 2.50 bits per heavy atom. The number of likely N-dealkylation sites (tertiary alicyclic amines) is 1. The molecule has 30 heavy (non-hydrogen) atoms. The van der Waals surface area contributed by atoms with Crippen molar-refractivity contribution in [1.29, 1.82) is 0 Å². The number of nitrogens with zero attached hydrogens (tertiary/aromatic N) is 4. The Morgan fingerprint density at radius 1 is 1.10 bits per heavy atom. The number of nitrogen functional groups attached to an aromatic ring is 1. The second-order valence-corrected chi connectivity index (χ2v) is 8.02. The summed E-state index contributed by atoms with van der Waals surface area (Å²) in [4.78, 5) is 15.0. The largest absolute Gasteiger partial charge is 0.486 e.